The Kier molecular flexibility index (Phi) is 7.37. The molecule has 10 heteroatoms. The molecule has 3 amide bonds. The van der Waals surface area contributed by atoms with Gasteiger partial charge in [0.2, 0.25) is 10.0 Å². The Hall–Kier alpha value is -2.01. The van der Waals surface area contributed by atoms with Gasteiger partial charge in [-0.05, 0) is 44.2 Å². The number of urea groups is 1. The van der Waals surface area contributed by atoms with Crippen molar-refractivity contribution in [2.45, 2.75) is 57.2 Å². The lowest BCUT2D eigenvalue weighted by Crippen LogP contribution is -2.58. The van der Waals surface area contributed by atoms with Crippen molar-refractivity contribution >= 4 is 22.0 Å². The molecule has 182 valence electrons. The lowest BCUT2D eigenvalue weighted by molar-refractivity contribution is -0.135. The lowest BCUT2D eigenvalue weighted by atomic mass is 9.88. The van der Waals surface area contributed by atoms with Crippen molar-refractivity contribution in [2.24, 2.45) is 0 Å². The van der Waals surface area contributed by atoms with Crippen LogP contribution in [0.2, 0.25) is 0 Å². The zero-order chi connectivity index (χ0) is 23.5. The monoisotopic (exact) mass is 477 g/mol. The van der Waals surface area contributed by atoms with E-state index in [2.05, 4.69) is 32.0 Å². The van der Waals surface area contributed by atoms with Crippen LogP contribution in [0.1, 0.15) is 44.6 Å². The van der Waals surface area contributed by atoms with E-state index in [1.54, 1.807) is 0 Å². The highest BCUT2D eigenvalue weighted by Crippen LogP contribution is 2.29. The molecule has 3 saturated heterocycles. The van der Waals surface area contributed by atoms with Crippen molar-refractivity contribution in [3.8, 4) is 0 Å². The number of hydrogen-bond donors (Lipinski definition) is 2. The summed E-state index contributed by atoms with van der Waals surface area (Å²) >= 11 is 0. The van der Waals surface area contributed by atoms with E-state index in [4.69, 9.17) is 0 Å². The zero-order valence-corrected chi connectivity index (χ0v) is 20.1. The van der Waals surface area contributed by atoms with Crippen molar-refractivity contribution in [1.29, 1.82) is 0 Å². The fourth-order valence-corrected chi connectivity index (χ4v) is 6.57. The van der Waals surface area contributed by atoms with E-state index in [0.29, 0.717) is 45.3 Å². The van der Waals surface area contributed by atoms with E-state index < -0.39 is 15.6 Å². The molecule has 0 radical (unpaired) electrons. The number of carbonyl (C=O) groups excluding carboxylic acids is 2. The Morgan fingerprint density at radius 3 is 2.52 bits per heavy atom. The third-order valence-corrected chi connectivity index (χ3v) is 8.45. The van der Waals surface area contributed by atoms with Crippen LogP contribution in [-0.2, 0) is 21.4 Å². The van der Waals surface area contributed by atoms with Crippen molar-refractivity contribution in [3.63, 3.8) is 0 Å². The Bertz CT molecular complexity index is 949. The number of rotatable bonds is 8. The number of nitrogens with zero attached hydrogens (tertiary/aromatic N) is 3. The first-order chi connectivity index (χ1) is 15.8. The van der Waals surface area contributed by atoms with Gasteiger partial charge in [-0.2, -0.15) is 0 Å². The molecule has 0 bridgehead atoms. The first-order valence-electron chi connectivity index (χ1n) is 11.9. The summed E-state index contributed by atoms with van der Waals surface area (Å²) in [5.74, 6) is -0.00463. The molecular weight excluding hydrogens is 442 g/mol. The van der Waals surface area contributed by atoms with Crippen LogP contribution in [0.25, 0.3) is 0 Å². The van der Waals surface area contributed by atoms with Crippen molar-refractivity contribution in [2.75, 3.05) is 38.6 Å². The minimum Gasteiger partial charge on any atom is -0.322 e. The summed E-state index contributed by atoms with van der Waals surface area (Å²) in [6, 6.07) is 9.75. The number of amides is 3. The lowest BCUT2D eigenvalue weighted by Gasteiger charge is -2.38. The first-order valence-corrected chi connectivity index (χ1v) is 13.6. The normalized spacial score (nSPS) is 25.7. The zero-order valence-electron chi connectivity index (χ0n) is 19.3. The van der Waals surface area contributed by atoms with Gasteiger partial charge in [-0.3, -0.25) is 14.6 Å². The SMILES string of the molecule is CCCS(=O)(=O)NC1CCN(CN2C(=O)NC3(CCCN(Cc4ccccc4)C3)C2=O)CC1. The highest BCUT2D eigenvalue weighted by atomic mass is 32.2. The molecule has 3 fully saturated rings. The maximum Gasteiger partial charge on any atom is 0.326 e. The maximum absolute atomic E-state index is 13.4. The third kappa shape index (κ3) is 5.74. The van der Waals surface area contributed by atoms with E-state index in [9.17, 15) is 18.0 Å². The van der Waals surface area contributed by atoms with Gasteiger partial charge in [-0.1, -0.05) is 37.3 Å². The second-order valence-electron chi connectivity index (χ2n) is 9.52. The fraction of sp³-hybridized carbons (Fsp3) is 0.652. The predicted molar refractivity (Wildman–Crippen MR) is 126 cm³/mol. The number of sulfonamides is 1. The van der Waals surface area contributed by atoms with Crippen LogP contribution in [-0.4, -0.2) is 85.2 Å². The summed E-state index contributed by atoms with van der Waals surface area (Å²) in [4.78, 5) is 31.8. The van der Waals surface area contributed by atoms with Crippen LogP contribution in [0.5, 0.6) is 0 Å². The number of benzene rings is 1. The molecule has 0 aromatic heterocycles. The number of carbonyl (C=O) groups is 2. The van der Waals surface area contributed by atoms with Crippen molar-refractivity contribution in [3.05, 3.63) is 35.9 Å². The molecule has 0 saturated carbocycles. The van der Waals surface area contributed by atoms with E-state index >= 15 is 0 Å². The van der Waals surface area contributed by atoms with Crippen LogP contribution in [0, 0.1) is 0 Å². The molecule has 1 atom stereocenters. The second kappa shape index (κ2) is 10.1. The number of hydrogen-bond acceptors (Lipinski definition) is 6. The average Bonchev–Trinajstić information content (AvgIpc) is 2.99. The molecule has 0 aliphatic carbocycles. The highest BCUT2D eigenvalue weighted by Gasteiger charge is 2.53. The molecule has 1 aromatic rings. The standard InChI is InChI=1S/C23H35N5O4S/c1-2-15-33(31,32)25-20-9-13-26(14-10-20)18-28-21(29)23(24-22(28)30)11-6-12-27(17-23)16-19-7-4-3-5-8-19/h3-5,7-8,20,25H,2,6,9-18H2,1H3,(H,24,30). The van der Waals surface area contributed by atoms with Crippen LogP contribution < -0.4 is 10.0 Å². The minimum atomic E-state index is -3.24. The third-order valence-electron chi connectivity index (χ3n) is 6.81. The van der Waals surface area contributed by atoms with Gasteiger partial charge in [-0.15, -0.1) is 0 Å². The second-order valence-corrected chi connectivity index (χ2v) is 11.4. The number of likely N-dealkylation sites (tertiary alicyclic amines) is 2. The Morgan fingerprint density at radius 1 is 1.09 bits per heavy atom. The molecule has 2 N–H and O–H groups in total. The van der Waals surface area contributed by atoms with E-state index in [1.165, 1.54) is 10.5 Å². The molecule has 4 rings (SSSR count). The Morgan fingerprint density at radius 2 is 1.82 bits per heavy atom. The van der Waals surface area contributed by atoms with Gasteiger partial charge in [0.1, 0.15) is 5.54 Å². The fourth-order valence-electron chi connectivity index (χ4n) is 5.18. The summed E-state index contributed by atoms with van der Waals surface area (Å²) in [5, 5.41) is 3.01. The van der Waals surface area contributed by atoms with E-state index in [0.717, 1.165) is 19.5 Å². The summed E-state index contributed by atoms with van der Waals surface area (Å²) in [6.45, 7) is 5.56. The molecule has 3 aliphatic heterocycles. The molecule has 9 nitrogen and oxygen atoms in total. The van der Waals surface area contributed by atoms with Crippen molar-refractivity contribution in [1.82, 2.24) is 24.7 Å². The van der Waals surface area contributed by atoms with Gasteiger partial charge in [-0.25, -0.2) is 22.8 Å². The van der Waals surface area contributed by atoms with Gasteiger partial charge >= 0.3 is 6.03 Å². The topological polar surface area (TPSA) is 102 Å². The van der Waals surface area contributed by atoms with Crippen LogP contribution >= 0.6 is 0 Å². The summed E-state index contributed by atoms with van der Waals surface area (Å²) in [6.07, 6.45) is 3.44. The summed E-state index contributed by atoms with van der Waals surface area (Å²) < 4.78 is 26.8. The number of imide groups is 1. The Labute approximate surface area is 196 Å². The van der Waals surface area contributed by atoms with Gasteiger partial charge < -0.3 is 5.32 Å². The maximum atomic E-state index is 13.4. The number of nitrogens with one attached hydrogen (secondary N) is 2. The quantitative estimate of drug-likeness (QED) is 0.548. The van der Waals surface area contributed by atoms with E-state index in [1.807, 2.05) is 25.1 Å². The van der Waals surface area contributed by atoms with Crippen LogP contribution in [0.3, 0.4) is 0 Å². The summed E-state index contributed by atoms with van der Waals surface area (Å²) in [7, 11) is -3.24. The Balaban J connectivity index is 1.32. The molecule has 1 aromatic carbocycles. The summed E-state index contributed by atoms with van der Waals surface area (Å²) in [5.41, 5.74) is 0.346. The van der Waals surface area contributed by atoms with Gasteiger partial charge in [0.05, 0.1) is 12.4 Å². The molecule has 33 heavy (non-hydrogen) atoms. The van der Waals surface area contributed by atoms with Gasteiger partial charge in [0.15, 0.2) is 0 Å². The molecule has 1 unspecified atom stereocenters. The molecule has 1 spiro atoms. The van der Waals surface area contributed by atoms with Crippen LogP contribution in [0.4, 0.5) is 4.79 Å². The minimum absolute atomic E-state index is 0.0860. The van der Waals surface area contributed by atoms with E-state index in [-0.39, 0.29) is 30.4 Å². The molecule has 3 heterocycles. The number of piperidine rings is 2. The smallest absolute Gasteiger partial charge is 0.322 e. The van der Waals surface area contributed by atoms with Crippen LogP contribution in [0.15, 0.2) is 30.3 Å². The molecule has 3 aliphatic rings. The predicted octanol–water partition coefficient (Wildman–Crippen LogP) is 1.32. The van der Waals surface area contributed by atoms with Crippen molar-refractivity contribution < 1.29 is 18.0 Å². The van der Waals surface area contributed by atoms with Gasteiger partial charge in [0, 0.05) is 32.2 Å². The highest BCUT2D eigenvalue weighted by molar-refractivity contribution is 7.89. The molecular formula is C23H35N5O4S. The first kappa shape index (κ1) is 24.1. The van der Waals surface area contributed by atoms with Gasteiger partial charge in [0.25, 0.3) is 5.91 Å². The average molecular weight is 478 g/mol. The largest absolute Gasteiger partial charge is 0.326 e.